The van der Waals surface area contributed by atoms with E-state index in [1.807, 2.05) is 0 Å². The van der Waals surface area contributed by atoms with Crippen molar-refractivity contribution < 1.29 is 5.11 Å². The number of rotatable bonds is 4. The molecule has 0 bridgehead atoms. The summed E-state index contributed by atoms with van der Waals surface area (Å²) in [6.45, 7) is 0.143. The number of aliphatic hydroxyl groups excluding tert-OH is 1. The van der Waals surface area contributed by atoms with Gasteiger partial charge in [-0.2, -0.15) is 4.98 Å². The number of thioether (sulfide) groups is 1. The van der Waals surface area contributed by atoms with Crippen LogP contribution < -0.4 is 16.9 Å². The summed E-state index contributed by atoms with van der Waals surface area (Å²) in [5.74, 6) is 0.322. The first kappa shape index (κ1) is 12.0. The van der Waals surface area contributed by atoms with E-state index in [-0.39, 0.29) is 6.54 Å². The summed E-state index contributed by atoms with van der Waals surface area (Å²) < 4.78 is 1.33. The molecule has 1 rings (SSSR count). The Bertz CT molecular complexity index is 441. The molecule has 0 saturated heterocycles. The quantitative estimate of drug-likeness (QED) is 0.404. The predicted octanol–water partition coefficient (Wildman–Crippen LogP) is -2.12. The molecule has 1 atom stereocenters. The van der Waals surface area contributed by atoms with Gasteiger partial charge in [-0.05, 0) is 0 Å². The molecule has 8 heteroatoms. The Morgan fingerprint density at radius 1 is 1.67 bits per heavy atom. The molecule has 0 radical (unpaired) electrons. The van der Waals surface area contributed by atoms with Crippen molar-refractivity contribution in [3.05, 3.63) is 20.7 Å². The summed E-state index contributed by atoms with van der Waals surface area (Å²) in [6.07, 6.45) is -0.654. The molecule has 1 unspecified atom stereocenters. The van der Waals surface area contributed by atoms with E-state index in [4.69, 9.17) is 5.73 Å². The van der Waals surface area contributed by atoms with Crippen LogP contribution in [0.25, 0.3) is 0 Å². The molecule has 0 aliphatic carbocycles. The lowest BCUT2D eigenvalue weighted by molar-refractivity contribution is 0.208. The third-order valence-electron chi connectivity index (χ3n) is 1.62. The van der Waals surface area contributed by atoms with Gasteiger partial charge < -0.3 is 10.8 Å². The van der Waals surface area contributed by atoms with Gasteiger partial charge in [0.2, 0.25) is 0 Å². The van der Waals surface area contributed by atoms with Gasteiger partial charge in [-0.1, -0.05) is 11.8 Å². The second-order valence-electron chi connectivity index (χ2n) is 2.90. The smallest absolute Gasteiger partial charge is 0.339 e. The number of aryl methyl sites for hydroxylation is 1. The van der Waals surface area contributed by atoms with Crippen molar-refractivity contribution in [1.29, 1.82) is 0 Å². The number of H-pyrrole nitrogens is 1. The van der Waals surface area contributed by atoms with Gasteiger partial charge in [-0.15, -0.1) is 0 Å². The lowest BCUT2D eigenvalue weighted by atomic mass is 10.4. The molecule has 0 aliphatic heterocycles. The number of aromatic amines is 1. The topological polar surface area (TPSA) is 114 Å². The van der Waals surface area contributed by atoms with Crippen LogP contribution in [0.2, 0.25) is 0 Å². The highest BCUT2D eigenvalue weighted by Crippen LogP contribution is 2.11. The van der Waals surface area contributed by atoms with E-state index in [0.717, 1.165) is 11.8 Å². The van der Waals surface area contributed by atoms with Gasteiger partial charge in [0.15, 0.2) is 5.16 Å². The van der Waals surface area contributed by atoms with Gasteiger partial charge in [0.05, 0.1) is 6.10 Å². The van der Waals surface area contributed by atoms with Gasteiger partial charge in [0.1, 0.15) is 0 Å². The largest absolute Gasteiger partial charge is 0.391 e. The average molecular weight is 232 g/mol. The van der Waals surface area contributed by atoms with E-state index in [9.17, 15) is 14.7 Å². The number of nitrogens with zero attached hydrogens (tertiary/aromatic N) is 2. The first-order valence-corrected chi connectivity index (χ1v) is 5.21. The van der Waals surface area contributed by atoms with Crippen LogP contribution >= 0.6 is 11.8 Å². The number of aromatic nitrogens is 3. The third-order valence-corrected chi connectivity index (χ3v) is 2.80. The Morgan fingerprint density at radius 3 is 2.93 bits per heavy atom. The Hall–Kier alpha value is -1.12. The maximum absolute atomic E-state index is 10.9. The molecule has 0 fully saturated rings. The van der Waals surface area contributed by atoms with Gasteiger partial charge in [0, 0.05) is 19.3 Å². The zero-order chi connectivity index (χ0) is 11.4. The van der Waals surface area contributed by atoms with Crippen molar-refractivity contribution in [2.24, 2.45) is 12.8 Å². The molecule has 1 heterocycles. The van der Waals surface area contributed by atoms with Crippen molar-refractivity contribution in [1.82, 2.24) is 14.8 Å². The molecule has 0 amide bonds. The summed E-state index contributed by atoms with van der Waals surface area (Å²) in [6, 6.07) is 0. The summed E-state index contributed by atoms with van der Waals surface area (Å²) in [5, 5.41) is 11.8. The fourth-order valence-corrected chi connectivity index (χ4v) is 1.69. The summed E-state index contributed by atoms with van der Waals surface area (Å²) >= 11 is 1.15. The summed E-state index contributed by atoms with van der Waals surface area (Å²) in [4.78, 5) is 25.3. The van der Waals surface area contributed by atoms with Crippen molar-refractivity contribution >= 4 is 11.8 Å². The minimum atomic E-state index is -0.835. The summed E-state index contributed by atoms with van der Waals surface area (Å²) in [5.41, 5.74) is 3.62. The zero-order valence-electron chi connectivity index (χ0n) is 8.14. The molecule has 84 valence electrons. The van der Waals surface area contributed by atoms with Crippen LogP contribution in [0.15, 0.2) is 14.7 Å². The van der Waals surface area contributed by atoms with Crippen molar-refractivity contribution in [2.45, 2.75) is 11.3 Å². The van der Waals surface area contributed by atoms with Crippen LogP contribution in [-0.2, 0) is 7.05 Å². The van der Waals surface area contributed by atoms with Crippen LogP contribution in [-0.4, -0.2) is 38.3 Å². The highest BCUT2D eigenvalue weighted by Gasteiger charge is 2.07. The Morgan fingerprint density at radius 2 is 2.33 bits per heavy atom. The zero-order valence-corrected chi connectivity index (χ0v) is 8.95. The molecule has 1 aromatic heterocycles. The second-order valence-corrected chi connectivity index (χ2v) is 3.89. The molecule has 0 spiro atoms. The van der Waals surface area contributed by atoms with E-state index in [1.165, 1.54) is 4.68 Å². The molecule has 0 aliphatic rings. The van der Waals surface area contributed by atoms with Crippen LogP contribution in [0.3, 0.4) is 0 Å². The van der Waals surface area contributed by atoms with Crippen LogP contribution in [0.5, 0.6) is 0 Å². The molecule has 4 N–H and O–H groups in total. The fraction of sp³-hybridized carbons (Fsp3) is 0.571. The minimum Gasteiger partial charge on any atom is -0.391 e. The van der Waals surface area contributed by atoms with E-state index >= 15 is 0 Å². The van der Waals surface area contributed by atoms with Crippen LogP contribution in [0, 0.1) is 0 Å². The highest BCUT2D eigenvalue weighted by atomic mass is 32.2. The first-order chi connectivity index (χ1) is 7.04. The van der Waals surface area contributed by atoms with Crippen LogP contribution in [0.1, 0.15) is 0 Å². The highest BCUT2D eigenvalue weighted by molar-refractivity contribution is 7.99. The number of aliphatic hydroxyl groups is 1. The lowest BCUT2D eigenvalue weighted by Gasteiger charge is -2.08. The van der Waals surface area contributed by atoms with E-state index in [2.05, 4.69) is 10.1 Å². The van der Waals surface area contributed by atoms with Gasteiger partial charge >= 0.3 is 11.1 Å². The van der Waals surface area contributed by atoms with Crippen LogP contribution in [0.4, 0.5) is 0 Å². The monoisotopic (exact) mass is 232 g/mol. The van der Waals surface area contributed by atoms with Gasteiger partial charge in [-0.3, -0.25) is 19.4 Å². The second kappa shape index (κ2) is 5.10. The standard InChI is InChI=1S/C7H12N4O3S/c1-11-7(15-3-4(12)2-8)9-5(13)6(14)10-11/h4,12H,2-3,8H2,1H3,(H,10,14). The number of nitrogens with one attached hydrogen (secondary N) is 1. The van der Waals surface area contributed by atoms with E-state index in [1.54, 1.807) is 7.05 Å². The molecule has 1 aromatic rings. The third kappa shape index (κ3) is 3.18. The molecule has 15 heavy (non-hydrogen) atoms. The average Bonchev–Trinajstić information content (AvgIpc) is 2.21. The molecule has 0 saturated carbocycles. The minimum absolute atomic E-state index is 0.143. The van der Waals surface area contributed by atoms with E-state index in [0.29, 0.717) is 10.9 Å². The molecular weight excluding hydrogens is 220 g/mol. The Balaban J connectivity index is 2.82. The number of nitrogens with two attached hydrogens (primary N) is 1. The maximum atomic E-state index is 10.9. The fourth-order valence-electron chi connectivity index (χ4n) is 0.828. The molecule has 0 aromatic carbocycles. The Kier molecular flexibility index (Phi) is 4.06. The van der Waals surface area contributed by atoms with Gasteiger partial charge in [0.25, 0.3) is 0 Å². The van der Waals surface area contributed by atoms with E-state index < -0.39 is 17.2 Å². The first-order valence-electron chi connectivity index (χ1n) is 4.23. The molecule has 7 nitrogen and oxygen atoms in total. The van der Waals surface area contributed by atoms with Crippen molar-refractivity contribution in [3.63, 3.8) is 0 Å². The van der Waals surface area contributed by atoms with Crippen molar-refractivity contribution in [2.75, 3.05) is 12.3 Å². The SMILES string of the molecule is Cn1[nH]c(=O)c(=O)nc1SCC(O)CN. The predicted molar refractivity (Wildman–Crippen MR) is 55.9 cm³/mol. The normalized spacial score (nSPS) is 12.7. The summed E-state index contributed by atoms with van der Waals surface area (Å²) in [7, 11) is 1.56. The van der Waals surface area contributed by atoms with Crippen molar-refractivity contribution in [3.8, 4) is 0 Å². The van der Waals surface area contributed by atoms with Gasteiger partial charge in [-0.25, -0.2) is 0 Å². The number of hydrogen-bond acceptors (Lipinski definition) is 6. The molecular formula is C7H12N4O3S. The number of hydrogen-bond donors (Lipinski definition) is 3. The Labute approximate surface area is 89.3 Å². The lowest BCUT2D eigenvalue weighted by Crippen LogP contribution is -2.34. The maximum Gasteiger partial charge on any atom is 0.339 e.